The highest BCUT2D eigenvalue weighted by Crippen LogP contribution is 2.33. The monoisotopic (exact) mass is 272 g/mol. The molecule has 0 bridgehead atoms. The summed E-state index contributed by atoms with van der Waals surface area (Å²) in [6.45, 7) is 1.27. The molecule has 0 saturated heterocycles. The molecule has 0 N–H and O–H groups in total. The minimum atomic E-state index is -0.477. The van der Waals surface area contributed by atoms with Crippen molar-refractivity contribution in [2.24, 2.45) is 0 Å². The van der Waals surface area contributed by atoms with Gasteiger partial charge in [0, 0.05) is 6.92 Å². The fraction of sp³-hybridized carbons (Fsp3) is 0.200. The van der Waals surface area contributed by atoms with E-state index in [4.69, 9.17) is 9.47 Å². The van der Waals surface area contributed by atoms with Crippen LogP contribution in [-0.2, 0) is 4.79 Å². The highest BCUT2D eigenvalue weighted by Gasteiger charge is 2.13. The number of carbonyl (C=O) groups excluding carboxylic acids is 2. The molecular formula is C10H9BrO4. The molecule has 0 aliphatic rings. The Balaban J connectivity index is 3.24. The first-order valence-electron chi connectivity index (χ1n) is 4.10. The molecule has 0 aliphatic heterocycles. The third-order valence-corrected chi connectivity index (χ3v) is 2.51. The smallest absolute Gasteiger partial charge is 0.308 e. The number of benzene rings is 1. The second-order valence-electron chi connectivity index (χ2n) is 2.71. The normalized spacial score (nSPS) is 9.53. The van der Waals surface area contributed by atoms with Crippen molar-refractivity contribution in [3.05, 3.63) is 22.2 Å². The second kappa shape index (κ2) is 4.93. The lowest BCUT2D eigenvalue weighted by atomic mass is 10.2. The summed E-state index contributed by atoms with van der Waals surface area (Å²) in [5.41, 5.74) is 0.254. The first-order chi connectivity index (χ1) is 7.10. The van der Waals surface area contributed by atoms with E-state index in [-0.39, 0.29) is 11.3 Å². The average Bonchev–Trinajstić information content (AvgIpc) is 2.18. The fourth-order valence-corrected chi connectivity index (χ4v) is 1.65. The van der Waals surface area contributed by atoms with E-state index in [9.17, 15) is 9.59 Å². The van der Waals surface area contributed by atoms with E-state index in [1.165, 1.54) is 20.1 Å². The van der Waals surface area contributed by atoms with Gasteiger partial charge in [-0.1, -0.05) is 0 Å². The Labute approximate surface area is 95.3 Å². The minimum Gasteiger partial charge on any atom is -0.496 e. The molecule has 0 heterocycles. The predicted octanol–water partition coefficient (Wildman–Crippen LogP) is 2.20. The molecule has 80 valence electrons. The van der Waals surface area contributed by atoms with E-state index in [2.05, 4.69) is 15.9 Å². The summed E-state index contributed by atoms with van der Waals surface area (Å²) in [5, 5.41) is 0. The Morgan fingerprint density at radius 3 is 2.47 bits per heavy atom. The summed E-state index contributed by atoms with van der Waals surface area (Å²) in [6, 6.07) is 3.12. The highest BCUT2D eigenvalue weighted by atomic mass is 79.9. The number of carbonyl (C=O) groups is 2. The number of rotatable bonds is 3. The number of ether oxygens (including phenoxy) is 2. The molecule has 1 aromatic rings. The van der Waals surface area contributed by atoms with Crippen LogP contribution in [0, 0.1) is 0 Å². The Morgan fingerprint density at radius 1 is 1.40 bits per heavy atom. The van der Waals surface area contributed by atoms with E-state index >= 15 is 0 Å². The third-order valence-electron chi connectivity index (χ3n) is 1.70. The van der Waals surface area contributed by atoms with E-state index in [0.717, 1.165) is 0 Å². The molecule has 0 atom stereocenters. The van der Waals surface area contributed by atoms with Crippen LogP contribution in [0.3, 0.4) is 0 Å². The van der Waals surface area contributed by atoms with Crippen LogP contribution >= 0.6 is 15.9 Å². The van der Waals surface area contributed by atoms with Gasteiger partial charge in [0.15, 0.2) is 6.29 Å². The van der Waals surface area contributed by atoms with Crippen LogP contribution < -0.4 is 9.47 Å². The van der Waals surface area contributed by atoms with Gasteiger partial charge < -0.3 is 9.47 Å². The quantitative estimate of drug-likeness (QED) is 0.481. The van der Waals surface area contributed by atoms with E-state index in [0.29, 0.717) is 16.5 Å². The maximum absolute atomic E-state index is 10.8. The van der Waals surface area contributed by atoms with Gasteiger partial charge in [0.1, 0.15) is 11.5 Å². The lowest BCUT2D eigenvalue weighted by Gasteiger charge is -2.09. The zero-order valence-electron chi connectivity index (χ0n) is 8.24. The van der Waals surface area contributed by atoms with Gasteiger partial charge in [-0.25, -0.2) is 0 Å². The molecule has 5 heteroatoms. The lowest BCUT2D eigenvalue weighted by Crippen LogP contribution is -2.04. The first-order valence-corrected chi connectivity index (χ1v) is 4.89. The number of halogens is 1. The van der Waals surface area contributed by atoms with Crippen molar-refractivity contribution in [1.82, 2.24) is 0 Å². The van der Waals surface area contributed by atoms with Crippen LogP contribution in [0.25, 0.3) is 0 Å². The molecule has 0 saturated carbocycles. The van der Waals surface area contributed by atoms with Crippen LogP contribution in [0.2, 0.25) is 0 Å². The lowest BCUT2D eigenvalue weighted by molar-refractivity contribution is -0.131. The molecule has 1 rings (SSSR count). The Morgan fingerprint density at radius 2 is 2.00 bits per heavy atom. The van der Waals surface area contributed by atoms with Gasteiger partial charge in [0.05, 0.1) is 17.1 Å². The van der Waals surface area contributed by atoms with Crippen LogP contribution in [0.5, 0.6) is 11.5 Å². The molecule has 0 amide bonds. The van der Waals surface area contributed by atoms with Crippen LogP contribution in [0.15, 0.2) is 16.6 Å². The van der Waals surface area contributed by atoms with Gasteiger partial charge in [0.2, 0.25) is 0 Å². The number of esters is 1. The molecular weight excluding hydrogens is 264 g/mol. The Kier molecular flexibility index (Phi) is 3.85. The predicted molar refractivity (Wildman–Crippen MR) is 57.4 cm³/mol. The Hall–Kier alpha value is -1.36. The summed E-state index contributed by atoms with van der Waals surface area (Å²) >= 11 is 3.19. The molecule has 4 nitrogen and oxygen atoms in total. The third kappa shape index (κ3) is 2.56. The second-order valence-corrected chi connectivity index (χ2v) is 3.50. The van der Waals surface area contributed by atoms with Crippen molar-refractivity contribution >= 4 is 28.2 Å². The van der Waals surface area contributed by atoms with Crippen molar-refractivity contribution < 1.29 is 19.1 Å². The zero-order valence-corrected chi connectivity index (χ0v) is 9.83. The fourth-order valence-electron chi connectivity index (χ4n) is 1.07. The van der Waals surface area contributed by atoms with Gasteiger partial charge in [-0.2, -0.15) is 0 Å². The van der Waals surface area contributed by atoms with Gasteiger partial charge >= 0.3 is 5.97 Å². The Bertz CT molecular complexity index is 401. The summed E-state index contributed by atoms with van der Waals surface area (Å²) in [5.74, 6) is 0.244. The molecule has 15 heavy (non-hydrogen) atoms. The molecule has 0 radical (unpaired) electrons. The van der Waals surface area contributed by atoms with Crippen molar-refractivity contribution in [1.29, 1.82) is 0 Å². The molecule has 0 spiro atoms. The highest BCUT2D eigenvalue weighted by molar-refractivity contribution is 9.10. The topological polar surface area (TPSA) is 52.6 Å². The van der Waals surface area contributed by atoms with Gasteiger partial charge in [-0.15, -0.1) is 0 Å². The van der Waals surface area contributed by atoms with Gasteiger partial charge in [0.25, 0.3) is 0 Å². The summed E-state index contributed by atoms with van der Waals surface area (Å²) in [7, 11) is 1.49. The van der Waals surface area contributed by atoms with Crippen molar-refractivity contribution in [3.63, 3.8) is 0 Å². The standard InChI is InChI=1S/C10H9BrO4/c1-6(13)15-8-3-4-9(14-2)10(11)7(8)5-12/h3-5H,1-2H3. The number of methoxy groups -OCH3 is 1. The van der Waals surface area contributed by atoms with Crippen LogP contribution in [-0.4, -0.2) is 19.4 Å². The SMILES string of the molecule is COc1ccc(OC(C)=O)c(C=O)c1Br. The van der Waals surface area contributed by atoms with Crippen molar-refractivity contribution in [3.8, 4) is 11.5 Å². The van der Waals surface area contributed by atoms with Crippen LogP contribution in [0.4, 0.5) is 0 Å². The van der Waals surface area contributed by atoms with E-state index < -0.39 is 5.97 Å². The maximum atomic E-state index is 10.8. The maximum Gasteiger partial charge on any atom is 0.308 e. The minimum absolute atomic E-state index is 0.213. The largest absolute Gasteiger partial charge is 0.496 e. The van der Waals surface area contributed by atoms with E-state index in [1.54, 1.807) is 6.07 Å². The summed E-state index contributed by atoms with van der Waals surface area (Å²) in [4.78, 5) is 21.6. The van der Waals surface area contributed by atoms with Gasteiger partial charge in [-0.05, 0) is 28.1 Å². The molecule has 0 unspecified atom stereocenters. The molecule has 0 fully saturated rings. The number of aldehydes is 1. The average molecular weight is 273 g/mol. The van der Waals surface area contributed by atoms with E-state index in [1.807, 2.05) is 0 Å². The molecule has 0 aliphatic carbocycles. The summed E-state index contributed by atoms with van der Waals surface area (Å²) < 4.78 is 10.3. The molecule has 1 aromatic carbocycles. The van der Waals surface area contributed by atoms with Crippen molar-refractivity contribution in [2.45, 2.75) is 6.92 Å². The van der Waals surface area contributed by atoms with Crippen LogP contribution in [0.1, 0.15) is 17.3 Å². The summed E-state index contributed by atoms with van der Waals surface area (Å²) in [6.07, 6.45) is 0.602. The molecule has 0 aromatic heterocycles. The number of hydrogen-bond donors (Lipinski definition) is 0. The zero-order chi connectivity index (χ0) is 11.4. The van der Waals surface area contributed by atoms with Crippen molar-refractivity contribution in [2.75, 3.05) is 7.11 Å². The number of hydrogen-bond acceptors (Lipinski definition) is 4. The van der Waals surface area contributed by atoms with Gasteiger partial charge in [-0.3, -0.25) is 9.59 Å². The first kappa shape index (κ1) is 11.7.